The minimum Gasteiger partial charge on any atom is -0.394 e. The van der Waals surface area contributed by atoms with Gasteiger partial charge in [-0.1, -0.05) is 6.58 Å². The van der Waals surface area contributed by atoms with Gasteiger partial charge in [0.05, 0.1) is 18.3 Å². The van der Waals surface area contributed by atoms with E-state index >= 15 is 0 Å². The molecule has 0 aromatic heterocycles. The van der Waals surface area contributed by atoms with Gasteiger partial charge in [-0.25, -0.2) is 0 Å². The second-order valence-corrected chi connectivity index (χ2v) is 3.98. The van der Waals surface area contributed by atoms with Crippen molar-refractivity contribution in [2.45, 2.75) is 24.9 Å². The Hall–Kier alpha value is -1.57. The molecule has 2 heterocycles. The van der Waals surface area contributed by atoms with Gasteiger partial charge in [0, 0.05) is 6.42 Å². The molecule has 1 fully saturated rings. The van der Waals surface area contributed by atoms with Gasteiger partial charge in [-0.2, -0.15) is 14.7 Å². The van der Waals surface area contributed by atoms with Crippen molar-refractivity contribution in [1.82, 2.24) is 5.32 Å². The molecule has 7 heteroatoms. The minimum absolute atomic E-state index is 0.0523. The van der Waals surface area contributed by atoms with E-state index < -0.39 is 24.5 Å². The summed E-state index contributed by atoms with van der Waals surface area (Å²) in [4.78, 5) is 11.6. The lowest BCUT2D eigenvalue weighted by atomic mass is 10.2. The summed E-state index contributed by atoms with van der Waals surface area (Å²) in [6, 6.07) is -0.502. The fraction of sp³-hybridized carbons (Fsp3) is 0.500. The lowest BCUT2D eigenvalue weighted by Gasteiger charge is -2.16. The minimum atomic E-state index is -0.805. The predicted octanol–water partition coefficient (Wildman–Crippen LogP) is -1.21. The quantitative estimate of drug-likeness (QED) is 0.455. The van der Waals surface area contributed by atoms with Gasteiger partial charge in [0.15, 0.2) is 0 Å². The Morgan fingerprint density at radius 2 is 2.41 bits per heavy atom. The first-order chi connectivity index (χ1) is 8.02. The number of carbonyl (C=O) groups is 1. The van der Waals surface area contributed by atoms with Crippen molar-refractivity contribution in [3.8, 4) is 0 Å². The van der Waals surface area contributed by atoms with Crippen LogP contribution in [0, 0.1) is 5.41 Å². The summed E-state index contributed by atoms with van der Waals surface area (Å²) in [7, 11) is 0. The molecule has 0 aliphatic carbocycles. The molecule has 0 saturated carbocycles. The van der Waals surface area contributed by atoms with Crippen LogP contribution in [0.15, 0.2) is 12.2 Å². The smallest absolute Gasteiger partial charge is 0.394 e. The van der Waals surface area contributed by atoms with Gasteiger partial charge < -0.3 is 14.9 Å². The number of carbonyl (C=O) groups excluding carboxylic acids is 1. The average Bonchev–Trinajstić information content (AvgIpc) is 2.65. The van der Waals surface area contributed by atoms with E-state index in [1.165, 1.54) is 10.8 Å². The van der Waals surface area contributed by atoms with E-state index in [4.69, 9.17) is 15.3 Å². The normalized spacial score (nSPS) is 33.6. The molecule has 92 valence electrons. The Morgan fingerprint density at radius 3 is 3.00 bits per heavy atom. The number of aliphatic hydroxyl groups is 2. The topological polar surface area (TPSA) is 106 Å². The van der Waals surface area contributed by atoms with E-state index in [2.05, 4.69) is 11.9 Å². The Labute approximate surface area is 97.5 Å². The molecule has 0 aromatic rings. The first-order valence-electron chi connectivity index (χ1n) is 5.19. The molecule has 4 N–H and O–H groups in total. The molecule has 2 aliphatic rings. The maximum Gasteiger partial charge on any atom is 0.499 e. The monoisotopic (exact) mass is 240 g/mol. The van der Waals surface area contributed by atoms with E-state index in [1.807, 2.05) is 0 Å². The molecule has 3 atom stereocenters. The second kappa shape index (κ2) is 4.36. The Morgan fingerprint density at radius 1 is 1.71 bits per heavy atom. The summed E-state index contributed by atoms with van der Waals surface area (Å²) in [5.41, 5.74) is 0.357. The van der Waals surface area contributed by atoms with E-state index in [0.717, 1.165) is 0 Å². The summed E-state index contributed by atoms with van der Waals surface area (Å²) in [6.45, 7) is 3.30. The van der Waals surface area contributed by atoms with Crippen LogP contribution >= 0.6 is 0 Å². The molecule has 2 aliphatic heterocycles. The van der Waals surface area contributed by atoms with Gasteiger partial charge in [-0.05, 0) is 0 Å². The molecule has 1 saturated heterocycles. The van der Waals surface area contributed by atoms with Gasteiger partial charge in [0.25, 0.3) is 0 Å². The number of hydrogen-bond acceptors (Lipinski definition) is 5. The highest BCUT2D eigenvalue weighted by atomic mass is 16.5. The predicted molar refractivity (Wildman–Crippen MR) is 58.1 cm³/mol. The first kappa shape index (κ1) is 11.9. The molecule has 7 nitrogen and oxygen atoms in total. The van der Waals surface area contributed by atoms with Crippen molar-refractivity contribution >= 4 is 18.1 Å². The van der Waals surface area contributed by atoms with Crippen molar-refractivity contribution < 1.29 is 24.3 Å². The highest BCUT2D eigenvalue weighted by Gasteiger charge is 2.42. The summed E-state index contributed by atoms with van der Waals surface area (Å²) in [6.07, 6.45) is -0.516. The van der Waals surface area contributed by atoms with Crippen molar-refractivity contribution in [3.63, 3.8) is 0 Å². The lowest BCUT2D eigenvalue weighted by molar-refractivity contribution is -0.523. The third-order valence-corrected chi connectivity index (χ3v) is 2.78. The Balaban J connectivity index is 2.18. The van der Waals surface area contributed by atoms with Gasteiger partial charge in [0.1, 0.15) is 12.3 Å². The number of nitrogens with zero attached hydrogens (tertiary/aromatic N) is 1. The summed E-state index contributed by atoms with van der Waals surface area (Å²) < 4.78 is 6.57. The van der Waals surface area contributed by atoms with E-state index in [1.54, 1.807) is 0 Å². The second-order valence-electron chi connectivity index (χ2n) is 3.98. The fourth-order valence-electron chi connectivity index (χ4n) is 1.81. The molecule has 0 aromatic carbocycles. The summed E-state index contributed by atoms with van der Waals surface area (Å²) >= 11 is 0. The number of hydrogen-bond donors (Lipinski definition) is 4. The number of ether oxygens (including phenoxy) is 1. The number of aliphatic hydroxyl groups excluding tert-OH is 2. The fourth-order valence-corrected chi connectivity index (χ4v) is 1.81. The third-order valence-electron chi connectivity index (χ3n) is 2.78. The number of amides is 2. The SMILES string of the molecule is C=C1C=[N+]([C@H]2CC(O)[C@@H](CO)O2)C(=O)NC1=N. The van der Waals surface area contributed by atoms with Crippen molar-refractivity contribution in [3.05, 3.63) is 12.2 Å². The molecule has 17 heavy (non-hydrogen) atoms. The molecule has 0 spiro atoms. The van der Waals surface area contributed by atoms with Crippen LogP contribution in [0.1, 0.15) is 6.42 Å². The summed E-state index contributed by atoms with van der Waals surface area (Å²) in [5, 5.41) is 28.2. The van der Waals surface area contributed by atoms with Crippen LogP contribution in [-0.4, -0.2) is 57.9 Å². The maximum atomic E-state index is 11.6. The van der Waals surface area contributed by atoms with Crippen LogP contribution in [0.5, 0.6) is 0 Å². The highest BCUT2D eigenvalue weighted by molar-refractivity contribution is 6.18. The molecule has 2 rings (SSSR count). The largest absolute Gasteiger partial charge is 0.499 e. The third kappa shape index (κ3) is 2.12. The van der Waals surface area contributed by atoms with Crippen LogP contribution in [0.4, 0.5) is 4.79 Å². The van der Waals surface area contributed by atoms with Crippen molar-refractivity contribution in [2.24, 2.45) is 0 Å². The zero-order chi connectivity index (χ0) is 12.6. The molecule has 2 amide bonds. The highest BCUT2D eigenvalue weighted by Crippen LogP contribution is 2.21. The molecule has 1 unspecified atom stereocenters. The van der Waals surface area contributed by atoms with Crippen LogP contribution in [-0.2, 0) is 4.74 Å². The van der Waals surface area contributed by atoms with Gasteiger partial charge in [-0.3, -0.25) is 5.41 Å². The summed E-state index contributed by atoms with van der Waals surface area (Å²) in [5.74, 6) is -0.0523. The zero-order valence-electron chi connectivity index (χ0n) is 9.09. The molecule has 0 bridgehead atoms. The van der Waals surface area contributed by atoms with Crippen LogP contribution < -0.4 is 5.32 Å². The van der Waals surface area contributed by atoms with Crippen LogP contribution in [0.25, 0.3) is 0 Å². The number of amidine groups is 1. The number of nitrogens with one attached hydrogen (secondary N) is 2. The van der Waals surface area contributed by atoms with E-state index in [0.29, 0.717) is 5.57 Å². The first-order valence-corrected chi connectivity index (χ1v) is 5.19. The number of urea groups is 1. The lowest BCUT2D eigenvalue weighted by Crippen LogP contribution is -2.47. The van der Waals surface area contributed by atoms with E-state index in [9.17, 15) is 9.90 Å². The molecule has 0 radical (unpaired) electrons. The number of rotatable bonds is 2. The van der Waals surface area contributed by atoms with Gasteiger partial charge >= 0.3 is 6.03 Å². The van der Waals surface area contributed by atoms with Crippen LogP contribution in [0.2, 0.25) is 0 Å². The zero-order valence-corrected chi connectivity index (χ0v) is 9.09. The van der Waals surface area contributed by atoms with Crippen molar-refractivity contribution in [2.75, 3.05) is 6.61 Å². The van der Waals surface area contributed by atoms with Gasteiger partial charge in [0.2, 0.25) is 12.1 Å². The Bertz CT molecular complexity index is 418. The standard InChI is InChI=1S/C10H13N3O4/c1-5-3-13(10(16)12-9(5)11)8-2-6(15)7(4-14)17-8/h3,6-8,14-15H,1-2,4H2,(H-,11,12,16)/p+1/t6?,7-,8-/m1/s1. The average molecular weight is 240 g/mol. The molecular formula is C10H14N3O4+. The van der Waals surface area contributed by atoms with Crippen LogP contribution in [0.3, 0.4) is 0 Å². The van der Waals surface area contributed by atoms with E-state index in [-0.39, 0.29) is 18.9 Å². The van der Waals surface area contributed by atoms with Crippen molar-refractivity contribution in [1.29, 1.82) is 5.41 Å². The maximum absolute atomic E-state index is 11.6. The van der Waals surface area contributed by atoms with Gasteiger partial charge in [-0.15, -0.1) is 0 Å². The Kier molecular flexibility index (Phi) is 3.05. The molecular weight excluding hydrogens is 226 g/mol.